The first-order chi connectivity index (χ1) is 8.20. The number of hydrogen-bond donors (Lipinski definition) is 1. The second-order valence-electron chi connectivity index (χ2n) is 5.05. The molecule has 2 heteroatoms. The third kappa shape index (κ3) is 2.87. The lowest BCUT2D eigenvalue weighted by Gasteiger charge is -2.18. The summed E-state index contributed by atoms with van der Waals surface area (Å²) in [6.45, 7) is 4.20. The van der Waals surface area contributed by atoms with Gasteiger partial charge in [-0.05, 0) is 43.4 Å². The van der Waals surface area contributed by atoms with Crippen LogP contribution in [0.5, 0.6) is 0 Å². The van der Waals surface area contributed by atoms with Gasteiger partial charge >= 0.3 is 0 Å². The molecule has 0 radical (unpaired) electrons. The van der Waals surface area contributed by atoms with Crippen LogP contribution in [0.1, 0.15) is 48.4 Å². The Labute approximate surface area is 104 Å². The summed E-state index contributed by atoms with van der Waals surface area (Å²) in [7, 11) is 0. The average Bonchev–Trinajstić information content (AvgIpc) is 2.82. The fourth-order valence-electron chi connectivity index (χ4n) is 2.48. The number of rotatable bonds is 3. The molecule has 1 aliphatic carbocycles. The van der Waals surface area contributed by atoms with Crippen LogP contribution in [0.2, 0.25) is 0 Å². The van der Waals surface area contributed by atoms with Gasteiger partial charge in [-0.3, -0.25) is 5.32 Å². The molecule has 1 aromatic rings. The van der Waals surface area contributed by atoms with Gasteiger partial charge in [-0.15, -0.1) is 0 Å². The first kappa shape index (κ1) is 12.1. The SMILES string of the molecule is Cc1ccc(C(C#N)NC2CCCC2)cc1C. The van der Waals surface area contributed by atoms with Crippen LogP contribution >= 0.6 is 0 Å². The number of hydrogen-bond acceptors (Lipinski definition) is 2. The van der Waals surface area contributed by atoms with Gasteiger partial charge in [0.15, 0.2) is 0 Å². The molecule has 1 N–H and O–H groups in total. The zero-order valence-electron chi connectivity index (χ0n) is 10.7. The van der Waals surface area contributed by atoms with Gasteiger partial charge in [0.2, 0.25) is 0 Å². The van der Waals surface area contributed by atoms with E-state index >= 15 is 0 Å². The van der Waals surface area contributed by atoms with Crippen molar-refractivity contribution in [2.75, 3.05) is 0 Å². The molecule has 2 rings (SSSR count). The van der Waals surface area contributed by atoms with E-state index in [0.29, 0.717) is 6.04 Å². The first-order valence-electron chi connectivity index (χ1n) is 6.43. The van der Waals surface area contributed by atoms with Crippen molar-refractivity contribution >= 4 is 0 Å². The van der Waals surface area contributed by atoms with Crippen molar-refractivity contribution in [2.24, 2.45) is 0 Å². The average molecular weight is 228 g/mol. The number of benzene rings is 1. The summed E-state index contributed by atoms with van der Waals surface area (Å²) in [5.41, 5.74) is 3.64. The van der Waals surface area contributed by atoms with Crippen molar-refractivity contribution in [3.63, 3.8) is 0 Å². The lowest BCUT2D eigenvalue weighted by Crippen LogP contribution is -2.29. The molecular weight excluding hydrogens is 208 g/mol. The van der Waals surface area contributed by atoms with Gasteiger partial charge < -0.3 is 0 Å². The molecule has 0 bridgehead atoms. The zero-order valence-corrected chi connectivity index (χ0v) is 10.7. The van der Waals surface area contributed by atoms with E-state index in [0.717, 1.165) is 5.56 Å². The molecule has 0 heterocycles. The summed E-state index contributed by atoms with van der Waals surface area (Å²) < 4.78 is 0. The molecule has 2 nitrogen and oxygen atoms in total. The van der Waals surface area contributed by atoms with E-state index in [2.05, 4.69) is 43.4 Å². The Kier molecular flexibility index (Phi) is 3.81. The highest BCUT2D eigenvalue weighted by Gasteiger charge is 2.20. The number of aryl methyl sites for hydroxylation is 2. The lowest BCUT2D eigenvalue weighted by atomic mass is 10.0. The fourth-order valence-corrected chi connectivity index (χ4v) is 2.48. The second kappa shape index (κ2) is 5.33. The Bertz CT molecular complexity index is 425. The van der Waals surface area contributed by atoms with E-state index in [1.807, 2.05) is 0 Å². The van der Waals surface area contributed by atoms with Crippen LogP contribution in [-0.2, 0) is 0 Å². The fraction of sp³-hybridized carbons (Fsp3) is 0.533. The zero-order chi connectivity index (χ0) is 12.3. The maximum absolute atomic E-state index is 9.29. The molecular formula is C15H20N2. The van der Waals surface area contributed by atoms with Gasteiger partial charge in [-0.2, -0.15) is 5.26 Å². The van der Waals surface area contributed by atoms with E-state index in [-0.39, 0.29) is 6.04 Å². The second-order valence-corrected chi connectivity index (χ2v) is 5.05. The van der Waals surface area contributed by atoms with Crippen LogP contribution in [0.3, 0.4) is 0 Å². The molecule has 0 aliphatic heterocycles. The Morgan fingerprint density at radius 1 is 1.24 bits per heavy atom. The summed E-state index contributed by atoms with van der Waals surface area (Å²) in [6.07, 6.45) is 5.01. The Morgan fingerprint density at radius 2 is 1.94 bits per heavy atom. The Balaban J connectivity index is 2.11. The van der Waals surface area contributed by atoms with Crippen molar-refractivity contribution in [1.29, 1.82) is 5.26 Å². The molecule has 1 atom stereocenters. The minimum absolute atomic E-state index is 0.155. The third-order valence-corrected chi connectivity index (χ3v) is 3.75. The highest BCUT2D eigenvalue weighted by atomic mass is 15.0. The van der Waals surface area contributed by atoms with Crippen molar-refractivity contribution in [3.05, 3.63) is 34.9 Å². The standard InChI is InChI=1S/C15H20N2/c1-11-7-8-13(9-12(11)2)15(10-16)17-14-5-3-4-6-14/h7-9,14-15,17H,3-6H2,1-2H3. The van der Waals surface area contributed by atoms with E-state index in [1.165, 1.54) is 36.8 Å². The van der Waals surface area contributed by atoms with Crippen LogP contribution in [0.4, 0.5) is 0 Å². The maximum Gasteiger partial charge on any atom is 0.121 e. The molecule has 0 spiro atoms. The highest BCUT2D eigenvalue weighted by molar-refractivity contribution is 5.34. The maximum atomic E-state index is 9.29. The molecule has 90 valence electrons. The van der Waals surface area contributed by atoms with Crippen LogP contribution in [-0.4, -0.2) is 6.04 Å². The van der Waals surface area contributed by atoms with Crippen LogP contribution < -0.4 is 5.32 Å². The van der Waals surface area contributed by atoms with Crippen LogP contribution in [0, 0.1) is 25.2 Å². The van der Waals surface area contributed by atoms with Crippen LogP contribution in [0.25, 0.3) is 0 Å². The normalized spacial score (nSPS) is 17.9. The van der Waals surface area contributed by atoms with Gasteiger partial charge in [0.05, 0.1) is 6.07 Å². The molecule has 1 aliphatic rings. The van der Waals surface area contributed by atoms with Gasteiger partial charge in [0.25, 0.3) is 0 Å². The predicted octanol–water partition coefficient (Wildman–Crippen LogP) is 3.40. The molecule has 1 aromatic carbocycles. The van der Waals surface area contributed by atoms with E-state index in [1.54, 1.807) is 0 Å². The van der Waals surface area contributed by atoms with Crippen molar-refractivity contribution in [2.45, 2.75) is 51.6 Å². The van der Waals surface area contributed by atoms with Gasteiger partial charge in [0.1, 0.15) is 6.04 Å². The minimum Gasteiger partial charge on any atom is -0.295 e. The van der Waals surface area contributed by atoms with Crippen LogP contribution in [0.15, 0.2) is 18.2 Å². The van der Waals surface area contributed by atoms with Crippen molar-refractivity contribution in [1.82, 2.24) is 5.32 Å². The Morgan fingerprint density at radius 3 is 2.53 bits per heavy atom. The highest BCUT2D eigenvalue weighted by Crippen LogP contribution is 2.23. The minimum atomic E-state index is -0.155. The molecule has 1 saturated carbocycles. The molecule has 0 saturated heterocycles. The number of nitriles is 1. The number of nitrogens with one attached hydrogen (secondary N) is 1. The summed E-state index contributed by atoms with van der Waals surface area (Å²) >= 11 is 0. The van der Waals surface area contributed by atoms with Gasteiger partial charge in [-0.25, -0.2) is 0 Å². The van der Waals surface area contributed by atoms with Gasteiger partial charge in [-0.1, -0.05) is 31.0 Å². The largest absolute Gasteiger partial charge is 0.295 e. The molecule has 0 aromatic heterocycles. The molecule has 1 unspecified atom stereocenters. The topological polar surface area (TPSA) is 35.8 Å². The van der Waals surface area contributed by atoms with Crippen molar-refractivity contribution in [3.8, 4) is 6.07 Å². The summed E-state index contributed by atoms with van der Waals surface area (Å²) in [4.78, 5) is 0. The molecule has 17 heavy (non-hydrogen) atoms. The van der Waals surface area contributed by atoms with Crippen molar-refractivity contribution < 1.29 is 0 Å². The van der Waals surface area contributed by atoms with E-state index < -0.39 is 0 Å². The monoisotopic (exact) mass is 228 g/mol. The molecule has 0 amide bonds. The van der Waals surface area contributed by atoms with E-state index in [9.17, 15) is 5.26 Å². The summed E-state index contributed by atoms with van der Waals surface area (Å²) in [5.74, 6) is 0. The Hall–Kier alpha value is -1.33. The predicted molar refractivity (Wildman–Crippen MR) is 69.7 cm³/mol. The lowest BCUT2D eigenvalue weighted by molar-refractivity contribution is 0.492. The molecule has 1 fully saturated rings. The summed E-state index contributed by atoms with van der Waals surface area (Å²) in [5, 5.41) is 12.8. The van der Waals surface area contributed by atoms with E-state index in [4.69, 9.17) is 0 Å². The van der Waals surface area contributed by atoms with Gasteiger partial charge in [0, 0.05) is 6.04 Å². The first-order valence-corrected chi connectivity index (χ1v) is 6.43. The smallest absolute Gasteiger partial charge is 0.121 e. The summed E-state index contributed by atoms with van der Waals surface area (Å²) in [6, 6.07) is 9.05. The third-order valence-electron chi connectivity index (χ3n) is 3.75. The quantitative estimate of drug-likeness (QED) is 0.860. The number of nitrogens with zero attached hydrogens (tertiary/aromatic N) is 1.